The molecule has 2 aliphatic carbocycles. The normalized spacial score (nSPS) is 33.4. The summed E-state index contributed by atoms with van der Waals surface area (Å²) in [4.78, 5) is 0. The van der Waals surface area contributed by atoms with Crippen LogP contribution in [0.15, 0.2) is 30.4 Å². The first-order valence-electron chi connectivity index (χ1n) is 14.7. The van der Waals surface area contributed by atoms with Gasteiger partial charge in [0.15, 0.2) is 12.6 Å². The highest BCUT2D eigenvalue weighted by molar-refractivity contribution is 5.42. The number of ether oxygens (including phenoxy) is 4. The van der Waals surface area contributed by atoms with Gasteiger partial charge in [-0.15, -0.1) is 0 Å². The fourth-order valence-electron chi connectivity index (χ4n) is 6.82. The van der Waals surface area contributed by atoms with Crippen LogP contribution in [0, 0.1) is 17.8 Å². The minimum absolute atomic E-state index is 0.0708. The second-order valence-corrected chi connectivity index (χ2v) is 11.4. The molecule has 0 radical (unpaired) electrons. The summed E-state index contributed by atoms with van der Waals surface area (Å²) >= 11 is 0. The van der Waals surface area contributed by atoms with Crippen LogP contribution in [-0.4, -0.2) is 43.1 Å². The van der Waals surface area contributed by atoms with Gasteiger partial charge in [-0.05, 0) is 93.2 Å². The fourth-order valence-corrected chi connectivity index (χ4v) is 6.82. The molecule has 2 saturated heterocycles. The lowest BCUT2D eigenvalue weighted by atomic mass is 9.74. The van der Waals surface area contributed by atoms with Crippen molar-refractivity contribution < 1.29 is 24.1 Å². The molecule has 5 rings (SSSR count). The Hall–Kier alpha value is -1.40. The van der Waals surface area contributed by atoms with Crippen LogP contribution in [0.1, 0.15) is 88.7 Å². The molecule has 3 fully saturated rings. The molecule has 200 valence electrons. The number of phenols is 1. The lowest BCUT2D eigenvalue weighted by Gasteiger charge is -2.32. The lowest BCUT2D eigenvalue weighted by Crippen LogP contribution is -2.32. The smallest absolute Gasteiger partial charge is 0.158 e. The lowest BCUT2D eigenvalue weighted by molar-refractivity contribution is -0.193. The van der Waals surface area contributed by atoms with Crippen molar-refractivity contribution in [3.05, 3.63) is 41.5 Å². The van der Waals surface area contributed by atoms with Crippen molar-refractivity contribution >= 4 is 0 Å². The highest BCUT2D eigenvalue weighted by atomic mass is 16.7. The highest BCUT2D eigenvalue weighted by Gasteiger charge is 2.46. The SMILES string of the molecule is CCCCC[C@H](/C=C/[C@@H]1[C@H]2Cc3cccc(O)c3C[C@H]2C[C@H]1OC1CCCCO1)OC1CCCCO1. The summed E-state index contributed by atoms with van der Waals surface area (Å²) in [5.41, 5.74) is 2.45. The zero-order chi connectivity index (χ0) is 24.7. The Labute approximate surface area is 217 Å². The van der Waals surface area contributed by atoms with E-state index >= 15 is 0 Å². The van der Waals surface area contributed by atoms with Gasteiger partial charge in [0.25, 0.3) is 0 Å². The van der Waals surface area contributed by atoms with Gasteiger partial charge in [-0.25, -0.2) is 0 Å². The summed E-state index contributed by atoms with van der Waals surface area (Å²) in [6.07, 6.45) is 19.1. The van der Waals surface area contributed by atoms with E-state index < -0.39 is 0 Å². The van der Waals surface area contributed by atoms with Gasteiger partial charge in [0.05, 0.1) is 12.2 Å². The second kappa shape index (κ2) is 12.9. The molecule has 5 nitrogen and oxygen atoms in total. The minimum atomic E-state index is -0.0807. The van der Waals surface area contributed by atoms with E-state index in [1.807, 2.05) is 12.1 Å². The number of fused-ring (bicyclic) bond motifs is 2. The summed E-state index contributed by atoms with van der Waals surface area (Å²) in [5.74, 6) is 1.83. The zero-order valence-corrected chi connectivity index (χ0v) is 22.1. The topological polar surface area (TPSA) is 57.2 Å². The van der Waals surface area contributed by atoms with Crippen molar-refractivity contribution in [1.82, 2.24) is 0 Å². The van der Waals surface area contributed by atoms with E-state index in [9.17, 15) is 5.11 Å². The van der Waals surface area contributed by atoms with Crippen molar-refractivity contribution in [2.45, 2.75) is 115 Å². The summed E-state index contributed by atoms with van der Waals surface area (Å²) in [7, 11) is 0. The maximum Gasteiger partial charge on any atom is 0.158 e. The first-order chi connectivity index (χ1) is 17.7. The summed E-state index contributed by atoms with van der Waals surface area (Å²) in [5, 5.41) is 10.5. The molecule has 2 aliphatic heterocycles. The molecule has 0 bridgehead atoms. The number of aromatic hydroxyl groups is 1. The number of unbranched alkanes of at least 4 members (excludes halogenated alkanes) is 2. The molecule has 7 atom stereocenters. The molecule has 1 saturated carbocycles. The van der Waals surface area contributed by atoms with Gasteiger partial charge in [0.2, 0.25) is 0 Å². The van der Waals surface area contributed by atoms with Crippen molar-refractivity contribution in [1.29, 1.82) is 0 Å². The maximum absolute atomic E-state index is 10.5. The third-order valence-electron chi connectivity index (χ3n) is 8.80. The molecule has 5 heteroatoms. The Morgan fingerprint density at radius 2 is 1.83 bits per heavy atom. The van der Waals surface area contributed by atoms with Crippen LogP contribution in [0.4, 0.5) is 0 Å². The molecule has 0 aromatic heterocycles. The van der Waals surface area contributed by atoms with Gasteiger partial charge in [0.1, 0.15) is 5.75 Å². The Morgan fingerprint density at radius 1 is 1.03 bits per heavy atom. The Bertz CT molecular complexity index is 841. The van der Waals surface area contributed by atoms with Crippen LogP contribution >= 0.6 is 0 Å². The Balaban J connectivity index is 1.33. The molecule has 0 spiro atoms. The first kappa shape index (κ1) is 26.2. The van der Waals surface area contributed by atoms with E-state index in [1.54, 1.807) is 0 Å². The third-order valence-corrected chi connectivity index (χ3v) is 8.80. The zero-order valence-electron chi connectivity index (χ0n) is 22.1. The summed E-state index contributed by atoms with van der Waals surface area (Å²) in [6.45, 7) is 3.87. The number of benzene rings is 1. The number of hydrogen-bond donors (Lipinski definition) is 1. The first-order valence-corrected chi connectivity index (χ1v) is 14.7. The number of phenolic OH excluding ortho intramolecular Hbond substituents is 1. The molecular formula is C31H46O5. The average molecular weight is 499 g/mol. The van der Waals surface area contributed by atoms with Gasteiger partial charge in [-0.1, -0.05) is 50.5 Å². The van der Waals surface area contributed by atoms with Gasteiger partial charge >= 0.3 is 0 Å². The minimum Gasteiger partial charge on any atom is -0.508 e. The Kier molecular flexibility index (Phi) is 9.40. The van der Waals surface area contributed by atoms with Crippen LogP contribution in [-0.2, 0) is 31.8 Å². The van der Waals surface area contributed by atoms with E-state index in [0.717, 1.165) is 70.1 Å². The summed E-state index contributed by atoms with van der Waals surface area (Å²) < 4.78 is 25.1. The van der Waals surface area contributed by atoms with E-state index in [0.29, 0.717) is 23.5 Å². The number of hydrogen-bond acceptors (Lipinski definition) is 5. The van der Waals surface area contributed by atoms with E-state index in [4.69, 9.17) is 18.9 Å². The largest absolute Gasteiger partial charge is 0.508 e. The van der Waals surface area contributed by atoms with Gasteiger partial charge < -0.3 is 24.1 Å². The van der Waals surface area contributed by atoms with Crippen molar-refractivity contribution in [3.63, 3.8) is 0 Å². The molecular weight excluding hydrogens is 452 g/mol. The monoisotopic (exact) mass is 498 g/mol. The fraction of sp³-hybridized carbons (Fsp3) is 0.742. The van der Waals surface area contributed by atoms with Crippen LogP contribution in [0.25, 0.3) is 0 Å². The second-order valence-electron chi connectivity index (χ2n) is 11.4. The molecule has 1 aromatic rings. The molecule has 1 aromatic carbocycles. The quantitative estimate of drug-likeness (QED) is 0.287. The van der Waals surface area contributed by atoms with Gasteiger partial charge in [-0.2, -0.15) is 0 Å². The predicted molar refractivity (Wildman–Crippen MR) is 141 cm³/mol. The maximum atomic E-state index is 10.5. The van der Waals surface area contributed by atoms with Crippen LogP contribution < -0.4 is 0 Å². The van der Waals surface area contributed by atoms with Gasteiger partial charge in [-0.3, -0.25) is 0 Å². The average Bonchev–Trinajstić information content (AvgIpc) is 3.23. The summed E-state index contributed by atoms with van der Waals surface area (Å²) in [6, 6.07) is 6.02. The third kappa shape index (κ3) is 6.53. The molecule has 2 heterocycles. The molecule has 4 aliphatic rings. The molecule has 0 amide bonds. The molecule has 2 unspecified atom stereocenters. The van der Waals surface area contributed by atoms with Crippen molar-refractivity contribution in [3.8, 4) is 5.75 Å². The van der Waals surface area contributed by atoms with Crippen LogP contribution in [0.5, 0.6) is 5.75 Å². The van der Waals surface area contributed by atoms with Crippen molar-refractivity contribution in [2.24, 2.45) is 17.8 Å². The van der Waals surface area contributed by atoms with Gasteiger partial charge in [0, 0.05) is 19.1 Å². The standard InChI is InChI=1S/C31H46O5/c1-2-3-4-11-24(35-30-13-5-7-17-33-30)15-16-25-26-19-22-10-9-12-28(32)27(22)20-23(26)21-29(25)36-31-14-6-8-18-34-31/h9-10,12,15-16,23-26,29-32H,2-8,11,13-14,17-21H2,1H3/b16-15+/t23-,24+,25+,26-,29+,30?,31?/m0/s1. The van der Waals surface area contributed by atoms with E-state index in [1.165, 1.54) is 37.7 Å². The van der Waals surface area contributed by atoms with Crippen LogP contribution in [0.3, 0.4) is 0 Å². The molecule has 36 heavy (non-hydrogen) atoms. The molecule has 1 N–H and O–H groups in total. The predicted octanol–water partition coefficient (Wildman–Crippen LogP) is 6.70. The van der Waals surface area contributed by atoms with Crippen LogP contribution in [0.2, 0.25) is 0 Å². The van der Waals surface area contributed by atoms with E-state index in [-0.39, 0.29) is 24.8 Å². The number of rotatable bonds is 10. The highest BCUT2D eigenvalue weighted by Crippen LogP contribution is 2.48. The Morgan fingerprint density at radius 3 is 2.58 bits per heavy atom. The van der Waals surface area contributed by atoms with Crippen molar-refractivity contribution in [2.75, 3.05) is 13.2 Å². The van der Waals surface area contributed by atoms with E-state index in [2.05, 4.69) is 25.1 Å².